The summed E-state index contributed by atoms with van der Waals surface area (Å²) in [4.78, 5) is 40.8. The van der Waals surface area contributed by atoms with Crippen LogP contribution in [-0.4, -0.2) is 58.6 Å². The third kappa shape index (κ3) is 10.0. The van der Waals surface area contributed by atoms with Crippen molar-refractivity contribution in [3.05, 3.63) is 140 Å². The van der Waals surface area contributed by atoms with Crippen LogP contribution in [0.15, 0.2) is 127 Å². The van der Waals surface area contributed by atoms with Crippen LogP contribution in [0.1, 0.15) is 75.6 Å². The molecule has 0 spiro atoms. The van der Waals surface area contributed by atoms with Crippen molar-refractivity contribution in [1.82, 2.24) is 9.80 Å². The summed E-state index contributed by atoms with van der Waals surface area (Å²) < 4.78 is 13.4. The summed E-state index contributed by atoms with van der Waals surface area (Å²) in [6, 6.07) is 31.1. The number of amidine groups is 2. The van der Waals surface area contributed by atoms with E-state index >= 15 is 0 Å². The van der Waals surface area contributed by atoms with E-state index in [1.165, 1.54) is 0 Å². The number of unbranched alkanes of at least 4 members (excludes halogenated alkanes) is 3. The van der Waals surface area contributed by atoms with E-state index in [1.54, 1.807) is 9.80 Å². The summed E-state index contributed by atoms with van der Waals surface area (Å²) in [6.45, 7) is 9.02. The summed E-state index contributed by atoms with van der Waals surface area (Å²) in [5, 5.41) is 0. The molecule has 2 amide bonds. The first kappa shape index (κ1) is 38.9. The van der Waals surface area contributed by atoms with Gasteiger partial charge in [0, 0.05) is 33.2 Å². The lowest BCUT2D eigenvalue weighted by Gasteiger charge is -2.20. The molecule has 0 aliphatic carbocycles. The predicted molar refractivity (Wildman–Crippen MR) is 224 cm³/mol. The monoisotopic (exact) mass is 850 g/mol. The number of carbonyl (C=O) groups excluding carboxylic acids is 2. The molecule has 0 atom stereocenters. The number of amides is 2. The van der Waals surface area contributed by atoms with Crippen LogP contribution in [0.2, 0.25) is 0 Å². The van der Waals surface area contributed by atoms with E-state index in [0.29, 0.717) is 36.2 Å². The Balaban J connectivity index is 1.10. The van der Waals surface area contributed by atoms with Gasteiger partial charge in [0.2, 0.25) is 0 Å². The number of benzene rings is 4. The highest BCUT2D eigenvalue weighted by molar-refractivity contribution is 9.10. The molecule has 278 valence electrons. The number of aliphatic imine (C=N–C) groups is 2. The molecule has 4 aromatic rings. The van der Waals surface area contributed by atoms with Gasteiger partial charge in [-0.3, -0.25) is 19.4 Å². The van der Waals surface area contributed by atoms with Gasteiger partial charge in [-0.05, 0) is 112 Å². The van der Waals surface area contributed by atoms with E-state index in [-0.39, 0.29) is 24.0 Å². The molecule has 2 aliphatic rings. The molecule has 54 heavy (non-hydrogen) atoms. The van der Waals surface area contributed by atoms with Gasteiger partial charge in [-0.25, -0.2) is 9.98 Å². The fourth-order valence-corrected chi connectivity index (χ4v) is 7.05. The van der Waals surface area contributed by atoms with Gasteiger partial charge < -0.3 is 9.47 Å². The van der Waals surface area contributed by atoms with Crippen LogP contribution in [-0.2, 0) is 9.59 Å². The van der Waals surface area contributed by atoms with Crippen molar-refractivity contribution < 1.29 is 19.1 Å². The Labute approximate surface area is 334 Å². The standard InChI is InChI=1S/C44H44Br2N4O4/c1-29(2)53-37-19-15-31(16-20-37)25-39-43(51)49(41(47-39)33-11-9-13-35(45)27-33)23-7-5-6-8-24-50-42(34-12-10-14-36(46)28-34)48-40(44(50)52)26-32-17-21-38(22-18-32)54-30(3)4/h9-22,25-30H,5-8,23-24H2,1-4H3/b39-25-,40-26+. The SMILES string of the molecule is CC(C)Oc1ccc(/C=C2\N=C(c3cccc(Br)c3)N(CCCCCCN3C(=O)/C(=C\c4ccc(OC(C)C)cc4)N=C3c3cccc(Br)c3)C2=O)cc1. The summed E-state index contributed by atoms with van der Waals surface area (Å²) >= 11 is 7.14. The zero-order valence-electron chi connectivity index (χ0n) is 31.0. The Kier molecular flexibility index (Phi) is 13.0. The zero-order chi connectivity index (χ0) is 38.2. The molecule has 10 heteroatoms. The van der Waals surface area contributed by atoms with E-state index in [1.807, 2.05) is 137 Å². The van der Waals surface area contributed by atoms with Gasteiger partial charge in [0.25, 0.3) is 11.8 Å². The minimum absolute atomic E-state index is 0.0809. The Morgan fingerprint density at radius 3 is 1.31 bits per heavy atom. The van der Waals surface area contributed by atoms with E-state index < -0.39 is 0 Å². The van der Waals surface area contributed by atoms with Gasteiger partial charge in [-0.1, -0.05) is 93.2 Å². The third-order valence-electron chi connectivity index (χ3n) is 8.68. The molecule has 4 aromatic carbocycles. The Morgan fingerprint density at radius 2 is 0.963 bits per heavy atom. The van der Waals surface area contributed by atoms with Crippen LogP contribution in [0, 0.1) is 0 Å². The van der Waals surface area contributed by atoms with Crippen molar-refractivity contribution >= 4 is 67.5 Å². The number of hydrogen-bond donors (Lipinski definition) is 0. The molecule has 0 saturated carbocycles. The highest BCUT2D eigenvalue weighted by Crippen LogP contribution is 2.27. The van der Waals surface area contributed by atoms with Gasteiger partial charge >= 0.3 is 0 Å². The molecule has 0 bridgehead atoms. The normalized spacial score (nSPS) is 15.9. The molecule has 6 rings (SSSR count). The van der Waals surface area contributed by atoms with Crippen molar-refractivity contribution in [3.63, 3.8) is 0 Å². The average Bonchev–Trinajstić information content (AvgIpc) is 3.61. The van der Waals surface area contributed by atoms with Crippen LogP contribution >= 0.6 is 31.9 Å². The highest BCUT2D eigenvalue weighted by Gasteiger charge is 2.32. The molecule has 0 radical (unpaired) electrons. The van der Waals surface area contributed by atoms with E-state index in [2.05, 4.69) is 31.9 Å². The Bertz CT molecular complexity index is 1950. The Hall–Kier alpha value is -4.80. The molecule has 0 N–H and O–H groups in total. The van der Waals surface area contributed by atoms with Crippen LogP contribution in [0.25, 0.3) is 12.2 Å². The predicted octanol–water partition coefficient (Wildman–Crippen LogP) is 10.3. The third-order valence-corrected chi connectivity index (χ3v) is 9.67. The van der Waals surface area contributed by atoms with Crippen molar-refractivity contribution in [2.45, 2.75) is 65.6 Å². The Morgan fingerprint density at radius 1 is 0.574 bits per heavy atom. The quantitative estimate of drug-likeness (QED) is 0.0881. The van der Waals surface area contributed by atoms with E-state index in [0.717, 1.165) is 68.4 Å². The number of halogens is 2. The number of carbonyl (C=O) groups is 2. The number of ether oxygens (including phenoxy) is 2. The fourth-order valence-electron chi connectivity index (χ4n) is 6.25. The summed E-state index contributed by atoms with van der Waals surface area (Å²) in [5.41, 5.74) is 4.30. The summed E-state index contributed by atoms with van der Waals surface area (Å²) in [7, 11) is 0. The second-order valence-electron chi connectivity index (χ2n) is 13.7. The first-order valence-corrected chi connectivity index (χ1v) is 19.9. The maximum atomic E-state index is 13.8. The molecule has 8 nitrogen and oxygen atoms in total. The van der Waals surface area contributed by atoms with Gasteiger partial charge in [-0.2, -0.15) is 0 Å². The largest absolute Gasteiger partial charge is 0.491 e. The lowest BCUT2D eigenvalue weighted by molar-refractivity contribution is -0.123. The number of hydrogen-bond acceptors (Lipinski definition) is 6. The first-order valence-electron chi connectivity index (χ1n) is 18.3. The molecule has 0 saturated heterocycles. The summed E-state index contributed by atoms with van der Waals surface area (Å²) in [5.74, 6) is 2.62. The molecule has 2 heterocycles. The second kappa shape index (κ2) is 18.0. The molecular formula is C44H44Br2N4O4. The van der Waals surface area contributed by atoms with Crippen molar-refractivity contribution in [1.29, 1.82) is 0 Å². The lowest BCUT2D eigenvalue weighted by atomic mass is 10.1. The molecular weight excluding hydrogens is 808 g/mol. The van der Waals surface area contributed by atoms with Crippen molar-refractivity contribution in [3.8, 4) is 11.5 Å². The maximum absolute atomic E-state index is 13.8. The highest BCUT2D eigenvalue weighted by atomic mass is 79.9. The molecule has 0 aromatic heterocycles. The second-order valence-corrected chi connectivity index (χ2v) is 15.6. The van der Waals surface area contributed by atoms with E-state index in [9.17, 15) is 9.59 Å². The summed E-state index contributed by atoms with van der Waals surface area (Å²) in [6.07, 6.45) is 7.15. The molecule has 0 fully saturated rings. The first-order chi connectivity index (χ1) is 26.0. The van der Waals surface area contributed by atoms with Gasteiger partial charge in [0.15, 0.2) is 0 Å². The minimum Gasteiger partial charge on any atom is -0.491 e. The van der Waals surface area contributed by atoms with Gasteiger partial charge in [0.05, 0.1) is 12.2 Å². The molecule has 2 aliphatic heterocycles. The minimum atomic E-state index is -0.119. The van der Waals surface area contributed by atoms with Crippen molar-refractivity contribution in [2.75, 3.05) is 13.1 Å². The van der Waals surface area contributed by atoms with E-state index in [4.69, 9.17) is 19.5 Å². The van der Waals surface area contributed by atoms with Crippen LogP contribution in [0.5, 0.6) is 11.5 Å². The van der Waals surface area contributed by atoms with Crippen molar-refractivity contribution in [2.24, 2.45) is 9.98 Å². The lowest BCUT2D eigenvalue weighted by Crippen LogP contribution is -2.34. The topological polar surface area (TPSA) is 83.8 Å². The number of nitrogens with zero attached hydrogens (tertiary/aromatic N) is 4. The van der Waals surface area contributed by atoms with Crippen LogP contribution in [0.4, 0.5) is 0 Å². The number of rotatable bonds is 15. The fraction of sp³-hybridized carbons (Fsp3) is 0.273. The van der Waals surface area contributed by atoms with Gasteiger partial charge in [-0.15, -0.1) is 0 Å². The average molecular weight is 853 g/mol. The van der Waals surface area contributed by atoms with Crippen LogP contribution < -0.4 is 9.47 Å². The van der Waals surface area contributed by atoms with Crippen LogP contribution in [0.3, 0.4) is 0 Å². The van der Waals surface area contributed by atoms with Gasteiger partial charge in [0.1, 0.15) is 34.6 Å². The zero-order valence-corrected chi connectivity index (χ0v) is 34.1. The maximum Gasteiger partial charge on any atom is 0.278 e. The smallest absolute Gasteiger partial charge is 0.278 e. The molecule has 0 unspecified atom stereocenters.